The normalized spacial score (nSPS) is 19.0. The highest BCUT2D eigenvalue weighted by Gasteiger charge is 2.21. The zero-order valence-electron chi connectivity index (χ0n) is 9.93. The zero-order chi connectivity index (χ0) is 12.3. The average molecular weight is 274 g/mol. The number of halogens is 2. The number of nitrogens with one attached hydrogen (secondary N) is 1. The molecule has 0 aliphatic carbocycles. The molecule has 1 unspecified atom stereocenters. The number of benzene rings is 1. The van der Waals surface area contributed by atoms with Gasteiger partial charge in [-0.25, -0.2) is 9.18 Å². The third kappa shape index (κ3) is 3.85. The van der Waals surface area contributed by atoms with Gasteiger partial charge in [0.2, 0.25) is 0 Å². The smallest absolute Gasteiger partial charge is 0.321 e. The van der Waals surface area contributed by atoms with Crippen molar-refractivity contribution in [2.45, 2.75) is 18.9 Å². The van der Waals surface area contributed by atoms with Gasteiger partial charge in [0.05, 0.1) is 0 Å². The van der Waals surface area contributed by atoms with Crippen LogP contribution in [0, 0.1) is 5.82 Å². The summed E-state index contributed by atoms with van der Waals surface area (Å²) < 4.78 is 12.9. The van der Waals surface area contributed by atoms with Gasteiger partial charge in [0.1, 0.15) is 5.82 Å². The van der Waals surface area contributed by atoms with Crippen LogP contribution in [0.15, 0.2) is 24.3 Å². The lowest BCUT2D eigenvalue weighted by Crippen LogP contribution is -2.47. The van der Waals surface area contributed by atoms with E-state index in [1.807, 2.05) is 0 Å². The highest BCUT2D eigenvalue weighted by atomic mass is 35.5. The maximum atomic E-state index is 12.9. The molecule has 0 aromatic heterocycles. The summed E-state index contributed by atoms with van der Waals surface area (Å²) in [5.41, 5.74) is 6.27. The van der Waals surface area contributed by atoms with Gasteiger partial charge in [0.25, 0.3) is 0 Å². The van der Waals surface area contributed by atoms with E-state index < -0.39 is 0 Å². The van der Waals surface area contributed by atoms with E-state index in [1.54, 1.807) is 17.0 Å². The van der Waals surface area contributed by atoms with Crippen molar-refractivity contribution in [2.75, 3.05) is 18.4 Å². The van der Waals surface area contributed by atoms with E-state index in [9.17, 15) is 9.18 Å². The van der Waals surface area contributed by atoms with Gasteiger partial charge in [-0.1, -0.05) is 6.07 Å². The summed E-state index contributed by atoms with van der Waals surface area (Å²) >= 11 is 0. The lowest BCUT2D eigenvalue weighted by Gasteiger charge is -2.30. The van der Waals surface area contributed by atoms with E-state index in [4.69, 9.17) is 5.73 Å². The Labute approximate surface area is 112 Å². The molecule has 2 rings (SSSR count). The first-order chi connectivity index (χ1) is 8.15. The number of hydrogen-bond acceptors (Lipinski definition) is 2. The monoisotopic (exact) mass is 273 g/mol. The van der Waals surface area contributed by atoms with Gasteiger partial charge < -0.3 is 16.0 Å². The van der Waals surface area contributed by atoms with E-state index in [0.29, 0.717) is 18.8 Å². The Morgan fingerprint density at radius 1 is 1.50 bits per heavy atom. The Kier molecular flexibility index (Phi) is 5.37. The predicted octanol–water partition coefficient (Wildman–Crippen LogP) is 2.20. The molecule has 1 heterocycles. The number of anilines is 1. The molecule has 6 heteroatoms. The lowest BCUT2D eigenvalue weighted by atomic mass is 10.1. The molecule has 3 N–H and O–H groups in total. The van der Waals surface area contributed by atoms with Crippen LogP contribution in [0.3, 0.4) is 0 Å². The fraction of sp³-hybridized carbons (Fsp3) is 0.417. The standard InChI is InChI=1S/C12H16FN3O.ClH/c13-9-3-1-5-11(7-9)15-12(17)16-6-2-4-10(14)8-16;/h1,3,5,7,10H,2,4,6,8,14H2,(H,15,17);1H. The van der Waals surface area contributed by atoms with Crippen LogP contribution in [-0.4, -0.2) is 30.1 Å². The number of amides is 2. The molecule has 0 radical (unpaired) electrons. The molecule has 18 heavy (non-hydrogen) atoms. The maximum Gasteiger partial charge on any atom is 0.321 e. The Morgan fingerprint density at radius 2 is 2.28 bits per heavy atom. The lowest BCUT2D eigenvalue weighted by molar-refractivity contribution is 0.193. The summed E-state index contributed by atoms with van der Waals surface area (Å²) in [7, 11) is 0. The molecule has 0 spiro atoms. The first-order valence-corrected chi connectivity index (χ1v) is 5.72. The van der Waals surface area contributed by atoms with E-state index in [0.717, 1.165) is 12.8 Å². The second kappa shape index (κ2) is 6.56. The van der Waals surface area contributed by atoms with Crippen LogP contribution in [0.2, 0.25) is 0 Å². The predicted molar refractivity (Wildman–Crippen MR) is 71.4 cm³/mol. The van der Waals surface area contributed by atoms with Gasteiger partial charge in [-0.15, -0.1) is 12.4 Å². The van der Waals surface area contributed by atoms with Crippen LogP contribution >= 0.6 is 12.4 Å². The van der Waals surface area contributed by atoms with Crippen molar-refractivity contribution in [1.82, 2.24) is 4.90 Å². The van der Waals surface area contributed by atoms with Crippen molar-refractivity contribution >= 4 is 24.1 Å². The zero-order valence-corrected chi connectivity index (χ0v) is 10.8. The molecule has 4 nitrogen and oxygen atoms in total. The molecule has 1 aliphatic rings. The molecular weight excluding hydrogens is 257 g/mol. The van der Waals surface area contributed by atoms with Gasteiger partial charge in [-0.2, -0.15) is 0 Å². The Morgan fingerprint density at radius 3 is 2.94 bits per heavy atom. The minimum absolute atomic E-state index is 0. The van der Waals surface area contributed by atoms with E-state index >= 15 is 0 Å². The molecule has 100 valence electrons. The number of rotatable bonds is 1. The fourth-order valence-corrected chi connectivity index (χ4v) is 1.96. The van der Waals surface area contributed by atoms with Crippen molar-refractivity contribution in [3.8, 4) is 0 Å². The summed E-state index contributed by atoms with van der Waals surface area (Å²) in [5.74, 6) is -0.363. The third-order valence-electron chi connectivity index (χ3n) is 2.82. The maximum absolute atomic E-state index is 12.9. The van der Waals surface area contributed by atoms with Gasteiger partial charge in [0.15, 0.2) is 0 Å². The molecule has 1 saturated heterocycles. The minimum atomic E-state index is -0.363. The number of nitrogens with zero attached hydrogens (tertiary/aromatic N) is 1. The largest absolute Gasteiger partial charge is 0.326 e. The van der Waals surface area contributed by atoms with E-state index in [-0.39, 0.29) is 30.3 Å². The molecule has 1 aromatic carbocycles. The molecule has 0 saturated carbocycles. The van der Waals surface area contributed by atoms with Crippen LogP contribution in [0.5, 0.6) is 0 Å². The highest BCUT2D eigenvalue weighted by Crippen LogP contribution is 2.13. The quantitative estimate of drug-likeness (QED) is 0.824. The summed E-state index contributed by atoms with van der Waals surface area (Å²) in [6.07, 6.45) is 1.86. The fourth-order valence-electron chi connectivity index (χ4n) is 1.96. The van der Waals surface area contributed by atoms with Crippen LogP contribution in [0.4, 0.5) is 14.9 Å². The van der Waals surface area contributed by atoms with Crippen LogP contribution in [0.25, 0.3) is 0 Å². The van der Waals surface area contributed by atoms with Crippen LogP contribution in [0.1, 0.15) is 12.8 Å². The van der Waals surface area contributed by atoms with E-state index in [2.05, 4.69) is 5.32 Å². The number of carbonyl (C=O) groups is 1. The molecule has 1 fully saturated rings. The summed E-state index contributed by atoms with van der Waals surface area (Å²) in [4.78, 5) is 13.5. The van der Waals surface area contributed by atoms with Crippen molar-refractivity contribution in [3.05, 3.63) is 30.1 Å². The minimum Gasteiger partial charge on any atom is -0.326 e. The van der Waals surface area contributed by atoms with Gasteiger partial charge in [-0.3, -0.25) is 0 Å². The number of urea groups is 1. The Bertz CT molecular complexity index is 416. The Balaban J connectivity index is 0.00000162. The molecular formula is C12H17ClFN3O. The van der Waals surface area contributed by atoms with Gasteiger partial charge in [-0.05, 0) is 31.0 Å². The molecule has 0 bridgehead atoms. The van der Waals surface area contributed by atoms with Crippen molar-refractivity contribution in [1.29, 1.82) is 0 Å². The first-order valence-electron chi connectivity index (χ1n) is 5.72. The Hall–Kier alpha value is -1.33. The van der Waals surface area contributed by atoms with Crippen LogP contribution in [-0.2, 0) is 0 Å². The summed E-state index contributed by atoms with van der Waals surface area (Å²) in [6, 6.07) is 5.68. The molecule has 1 aliphatic heterocycles. The second-order valence-corrected chi connectivity index (χ2v) is 4.29. The average Bonchev–Trinajstić information content (AvgIpc) is 2.29. The summed E-state index contributed by atoms with van der Waals surface area (Å²) in [6.45, 7) is 1.26. The second-order valence-electron chi connectivity index (χ2n) is 4.29. The SMILES string of the molecule is Cl.NC1CCCN(C(=O)Nc2cccc(F)c2)C1. The molecule has 2 amide bonds. The molecule has 1 aromatic rings. The van der Waals surface area contributed by atoms with Crippen molar-refractivity contribution in [3.63, 3.8) is 0 Å². The first kappa shape index (κ1) is 14.7. The van der Waals surface area contributed by atoms with Crippen LogP contribution < -0.4 is 11.1 Å². The number of carbonyl (C=O) groups excluding carboxylic acids is 1. The topological polar surface area (TPSA) is 58.4 Å². The third-order valence-corrected chi connectivity index (χ3v) is 2.82. The number of hydrogen-bond donors (Lipinski definition) is 2. The van der Waals surface area contributed by atoms with E-state index in [1.165, 1.54) is 12.1 Å². The van der Waals surface area contributed by atoms with Crippen molar-refractivity contribution < 1.29 is 9.18 Å². The number of likely N-dealkylation sites (tertiary alicyclic amines) is 1. The van der Waals surface area contributed by atoms with Gasteiger partial charge in [0, 0.05) is 24.8 Å². The number of nitrogens with two attached hydrogens (primary N) is 1. The highest BCUT2D eigenvalue weighted by molar-refractivity contribution is 5.89. The molecule has 1 atom stereocenters. The number of piperidine rings is 1. The summed E-state index contributed by atoms with van der Waals surface area (Å²) in [5, 5.41) is 2.66. The van der Waals surface area contributed by atoms with Crippen molar-refractivity contribution in [2.24, 2.45) is 5.73 Å². The van der Waals surface area contributed by atoms with Gasteiger partial charge >= 0.3 is 6.03 Å².